The fourth-order valence-corrected chi connectivity index (χ4v) is 11.4. The molecule has 2 N–H and O–H groups in total. The van der Waals surface area contributed by atoms with Gasteiger partial charge in [0, 0.05) is 38.4 Å². The maximum Gasteiger partial charge on any atom is 0.434 e. The average molecular weight is 1050 g/mol. The van der Waals surface area contributed by atoms with E-state index < -0.39 is 150 Å². The molecule has 4 aliphatic heterocycles. The average Bonchev–Trinajstić information content (AvgIpc) is 3.64. The monoisotopic (exact) mass is 1050 g/mol. The number of amides is 1. The van der Waals surface area contributed by atoms with Crippen molar-refractivity contribution < 1.29 is 84.5 Å². The minimum atomic E-state index is -5.43. The number of rotatable bonds is 12. The molecule has 2 aromatic rings. The van der Waals surface area contributed by atoms with Crippen molar-refractivity contribution in [1.82, 2.24) is 9.91 Å². The largest absolute Gasteiger partial charge is 0.457 e. The third-order valence-corrected chi connectivity index (χ3v) is 15.6. The highest BCUT2D eigenvalue weighted by molar-refractivity contribution is 5.90. The van der Waals surface area contributed by atoms with Crippen LogP contribution in [-0.4, -0.2) is 158 Å². The summed E-state index contributed by atoms with van der Waals surface area (Å²) in [7, 11) is 6.46. The quantitative estimate of drug-likeness (QED) is 0.0977. The SMILES string of the molecule is CC[C@H]1OC(=O)[C@H](C)[C@@H](OC2C[C@@](C)(OC)[C@@H](OC(=O)c3ccccc3)[C@H](C)O2)[C@H](C)[C@@H](OC2O[C@H](C)C[C@H](N(C)C)[C@H]2OC(=O)c2ccccc2)[C@](C)(OC)C[C@@H](C)C(=O)[C@H](C)[C@H]2N(N)C(=O)O[C@]12C(F)(F)F. The Bertz CT molecular complexity index is 2280. The molecule has 0 aliphatic carbocycles. The van der Waals surface area contributed by atoms with Crippen LogP contribution in [0.3, 0.4) is 0 Å². The number of carbonyl (C=O) groups is 5. The number of cyclic esters (lactones) is 1. The van der Waals surface area contributed by atoms with E-state index in [9.17, 15) is 24.0 Å². The van der Waals surface area contributed by atoms with Gasteiger partial charge in [0.1, 0.15) is 17.4 Å². The van der Waals surface area contributed by atoms with E-state index in [0.717, 1.165) is 0 Å². The lowest BCUT2D eigenvalue weighted by molar-refractivity contribution is -0.319. The molecule has 21 heteroatoms. The molecule has 18 atom stereocenters. The van der Waals surface area contributed by atoms with Crippen LogP contribution in [0.2, 0.25) is 0 Å². The second kappa shape index (κ2) is 23.2. The molecule has 0 saturated carbocycles. The van der Waals surface area contributed by atoms with Crippen molar-refractivity contribution in [2.24, 2.45) is 29.5 Å². The molecule has 74 heavy (non-hydrogen) atoms. The molecule has 0 aromatic heterocycles. The number of benzene rings is 2. The van der Waals surface area contributed by atoms with E-state index in [1.807, 2.05) is 25.9 Å². The summed E-state index contributed by atoms with van der Waals surface area (Å²) < 4.78 is 111. The lowest BCUT2D eigenvalue weighted by Gasteiger charge is -2.50. The molecule has 4 heterocycles. The van der Waals surface area contributed by atoms with Gasteiger partial charge in [-0.3, -0.25) is 9.59 Å². The van der Waals surface area contributed by atoms with Gasteiger partial charge >= 0.3 is 30.2 Å². The van der Waals surface area contributed by atoms with Crippen molar-refractivity contribution in [2.45, 2.75) is 178 Å². The van der Waals surface area contributed by atoms with Crippen molar-refractivity contribution in [3.63, 3.8) is 0 Å². The van der Waals surface area contributed by atoms with Gasteiger partial charge in [0.15, 0.2) is 30.9 Å². The Labute approximate surface area is 431 Å². The third kappa shape index (κ3) is 11.6. The molecule has 4 fully saturated rings. The Balaban J connectivity index is 1.50. The third-order valence-electron chi connectivity index (χ3n) is 15.6. The van der Waals surface area contributed by atoms with E-state index in [2.05, 4.69) is 0 Å². The van der Waals surface area contributed by atoms with E-state index >= 15 is 13.2 Å². The first-order chi connectivity index (χ1) is 34.7. The zero-order chi connectivity index (χ0) is 54.8. The first-order valence-electron chi connectivity index (χ1n) is 25.2. The maximum absolute atomic E-state index is 15.9. The normalized spacial score (nSPS) is 38.6. The van der Waals surface area contributed by atoms with E-state index in [0.29, 0.717) is 6.42 Å². The number of alkyl halides is 3. The minimum absolute atomic E-state index is 0.105. The van der Waals surface area contributed by atoms with E-state index in [1.54, 1.807) is 88.4 Å². The molecule has 2 unspecified atom stereocenters. The Morgan fingerprint density at radius 2 is 1.34 bits per heavy atom. The van der Waals surface area contributed by atoms with Crippen LogP contribution in [0, 0.1) is 23.7 Å². The number of likely N-dealkylation sites (N-methyl/N-ethyl adjacent to an activating group) is 1. The van der Waals surface area contributed by atoms with Crippen molar-refractivity contribution in [3.8, 4) is 0 Å². The number of esters is 3. The van der Waals surface area contributed by atoms with Gasteiger partial charge in [-0.25, -0.2) is 25.2 Å². The Hall–Kier alpha value is -4.74. The zero-order valence-corrected chi connectivity index (χ0v) is 44.5. The van der Waals surface area contributed by atoms with Crippen LogP contribution in [0.4, 0.5) is 18.0 Å². The fraction of sp³-hybridized carbons (Fsp3) is 0.679. The molecule has 18 nitrogen and oxygen atoms in total. The summed E-state index contributed by atoms with van der Waals surface area (Å²) in [6.45, 7) is 14.0. The number of carbonyl (C=O) groups excluding carboxylic acids is 5. The number of hydrogen-bond acceptors (Lipinski definition) is 17. The molecule has 0 spiro atoms. The van der Waals surface area contributed by atoms with Gasteiger partial charge in [-0.2, -0.15) is 13.2 Å². The number of Topliss-reactive ketones (excluding diaryl/α,β-unsaturated/α-hetero) is 1. The second-order valence-electron chi connectivity index (χ2n) is 21.0. The summed E-state index contributed by atoms with van der Waals surface area (Å²) in [4.78, 5) is 72.2. The topological polar surface area (TPSA) is 210 Å². The van der Waals surface area contributed by atoms with Crippen LogP contribution in [0.25, 0.3) is 0 Å². The summed E-state index contributed by atoms with van der Waals surface area (Å²) in [6.07, 6.45) is -18.4. The Morgan fingerprint density at radius 1 is 0.784 bits per heavy atom. The number of hydrazine groups is 1. The predicted molar refractivity (Wildman–Crippen MR) is 259 cm³/mol. The number of nitrogens with zero attached hydrogens (tertiary/aromatic N) is 2. The summed E-state index contributed by atoms with van der Waals surface area (Å²) in [6, 6.07) is 14.0. The Kier molecular flexibility index (Phi) is 18.4. The van der Waals surface area contributed by atoms with Crippen LogP contribution < -0.4 is 5.84 Å². The summed E-state index contributed by atoms with van der Waals surface area (Å²) in [5.41, 5.74) is -5.93. The first-order valence-corrected chi connectivity index (χ1v) is 25.2. The summed E-state index contributed by atoms with van der Waals surface area (Å²) in [5.74, 6) is -2.45. The predicted octanol–water partition coefficient (Wildman–Crippen LogP) is 7.05. The fourth-order valence-electron chi connectivity index (χ4n) is 11.4. The molecule has 4 saturated heterocycles. The molecular formula is C53H74F3N3O15. The number of methoxy groups -OCH3 is 2. The number of ether oxygens (including phenoxy) is 10. The van der Waals surface area contributed by atoms with Crippen molar-refractivity contribution in [2.75, 3.05) is 28.3 Å². The van der Waals surface area contributed by atoms with Crippen molar-refractivity contribution in [3.05, 3.63) is 71.8 Å². The highest BCUT2D eigenvalue weighted by atomic mass is 19.4. The van der Waals surface area contributed by atoms with Crippen molar-refractivity contribution >= 4 is 29.8 Å². The van der Waals surface area contributed by atoms with E-state index in [-0.39, 0.29) is 29.0 Å². The standard InChI is InChI=1S/C53H74F3N3O15/c1-14-37-52(53(54,55)56)42(59(57)49(64)74-52)30(4)39(60)28(2)26-50(8,65-12)43(73-48-41(36(58(10)11)25-29(3)67-48)71-46(62)34-21-17-15-18-22-34)31(5)40(32(6)45(61)69-37)70-38-27-51(9,66-13)44(33(7)68-38)72-47(63)35-23-19-16-20-24-35/h15-24,28-33,36-38,40-44,48H,14,25-27,57H2,1-13H3/t28-,29-,30+,31+,32-,33+,36+,37-,38?,40+,41-,42-,43-,44+,48?,50-,51-,52-/m1/s1. The van der Waals surface area contributed by atoms with Crippen LogP contribution in [-0.2, 0) is 57.0 Å². The summed E-state index contributed by atoms with van der Waals surface area (Å²) >= 11 is 0. The van der Waals surface area contributed by atoms with Gasteiger partial charge in [-0.05, 0) is 92.2 Å². The van der Waals surface area contributed by atoms with Crippen LogP contribution in [0.15, 0.2) is 60.7 Å². The van der Waals surface area contributed by atoms with Crippen LogP contribution >= 0.6 is 0 Å². The minimum Gasteiger partial charge on any atom is -0.457 e. The zero-order valence-electron chi connectivity index (χ0n) is 44.5. The summed E-state index contributed by atoms with van der Waals surface area (Å²) in [5, 5.41) is 0.238. The molecule has 2 aromatic carbocycles. The number of ketones is 1. The van der Waals surface area contributed by atoms with E-state index in [1.165, 1.54) is 41.9 Å². The van der Waals surface area contributed by atoms with Gasteiger partial charge in [0.25, 0.3) is 5.60 Å². The van der Waals surface area contributed by atoms with Crippen LogP contribution in [0.5, 0.6) is 0 Å². The molecular weight excluding hydrogens is 976 g/mol. The lowest BCUT2D eigenvalue weighted by Crippen LogP contribution is -2.67. The second-order valence-corrected chi connectivity index (χ2v) is 21.0. The molecule has 6 rings (SSSR count). The van der Waals surface area contributed by atoms with Gasteiger partial charge in [0.2, 0.25) is 0 Å². The number of fused-ring (bicyclic) bond motifs is 1. The van der Waals surface area contributed by atoms with Gasteiger partial charge in [-0.1, -0.05) is 64.1 Å². The number of halogens is 3. The van der Waals surface area contributed by atoms with Crippen molar-refractivity contribution in [1.29, 1.82) is 0 Å². The maximum atomic E-state index is 15.9. The van der Waals surface area contributed by atoms with E-state index in [4.69, 9.17) is 53.2 Å². The molecule has 0 bridgehead atoms. The molecule has 412 valence electrons. The highest BCUT2D eigenvalue weighted by Gasteiger charge is 2.75. The number of hydrogen-bond donors (Lipinski definition) is 1. The van der Waals surface area contributed by atoms with Gasteiger partial charge in [-0.15, -0.1) is 0 Å². The Morgan fingerprint density at radius 3 is 1.86 bits per heavy atom. The molecule has 4 aliphatic rings. The van der Waals surface area contributed by atoms with Gasteiger partial charge in [0.05, 0.1) is 53.1 Å². The lowest BCUT2D eigenvalue weighted by atomic mass is 9.72. The smallest absolute Gasteiger partial charge is 0.434 e. The van der Waals surface area contributed by atoms with Gasteiger partial charge < -0.3 is 52.3 Å². The first kappa shape index (κ1) is 58.5. The molecule has 0 radical (unpaired) electrons. The van der Waals surface area contributed by atoms with Crippen LogP contribution in [0.1, 0.15) is 109 Å². The number of nitrogens with two attached hydrogens (primary N) is 1. The molecule has 1 amide bonds. The highest BCUT2D eigenvalue weighted by Crippen LogP contribution is 2.51.